The Labute approximate surface area is 275 Å². The van der Waals surface area contributed by atoms with Crippen LogP contribution in [0.25, 0.3) is 16.9 Å². The molecule has 0 amide bonds. The second-order valence-corrected chi connectivity index (χ2v) is 12.6. The normalized spacial score (nSPS) is 13.3. The van der Waals surface area contributed by atoms with Gasteiger partial charge in [-0.25, -0.2) is 4.70 Å². The van der Waals surface area contributed by atoms with Gasteiger partial charge in [0, 0.05) is 38.8 Å². The fourth-order valence-corrected chi connectivity index (χ4v) is 6.48. The Hall–Kier alpha value is -1.99. The summed E-state index contributed by atoms with van der Waals surface area (Å²) in [6.45, 7) is 13.6. The minimum atomic E-state index is 0. The Morgan fingerprint density at radius 2 is 0.814 bits per heavy atom. The Balaban J connectivity index is 0.00000645. The van der Waals surface area contributed by atoms with Crippen LogP contribution in [0, 0.1) is 0 Å². The molecule has 0 radical (unpaired) electrons. The summed E-state index contributed by atoms with van der Waals surface area (Å²) in [6.07, 6.45) is 21.1. The molecular weight excluding hydrogens is 567 g/mol. The zero-order valence-corrected chi connectivity index (χ0v) is 29.4. The molecule has 0 unspecified atom stereocenters. The summed E-state index contributed by atoms with van der Waals surface area (Å²) < 4.78 is 1.62. The van der Waals surface area contributed by atoms with Gasteiger partial charge in [0.2, 0.25) is 11.4 Å². The first kappa shape index (κ1) is 37.2. The fraction of sp³-hybridized carbons (Fsp3) is 0.600. The Morgan fingerprint density at radius 1 is 0.442 bits per heavy atom. The summed E-state index contributed by atoms with van der Waals surface area (Å²) in [5.74, 6) is 0. The van der Waals surface area contributed by atoms with E-state index in [4.69, 9.17) is 0 Å². The molecule has 0 spiro atoms. The van der Waals surface area contributed by atoms with Gasteiger partial charge < -0.3 is 5.53 Å². The number of aryl methyl sites for hydroxylation is 4. The van der Waals surface area contributed by atoms with E-state index in [-0.39, 0.29) is 16.5 Å². The average Bonchev–Trinajstić information content (AvgIpc) is 3.29. The van der Waals surface area contributed by atoms with Gasteiger partial charge in [0.25, 0.3) is 0 Å². The Kier molecular flexibility index (Phi) is 17.4. The topological polar surface area (TPSA) is 25.3 Å². The number of hydrogen-bond acceptors (Lipinski definition) is 0. The molecule has 2 aromatic rings. The molecule has 0 fully saturated rings. The SMILES string of the molecule is CCCCCCCCC1=C(c2cc(CC)cc(CCCC)c2)[N+](=[N-])C(c2cc(CC)cc(CCCC)c2)=C1CCCC.[Ni]. The standard InChI is InChI=1S/C40H60N2.Ni/c1-7-13-17-18-19-20-24-38-37(23-16-10-4)39(35-27-31(11-5)25-33(29-35)21-14-8-2)42(41)40(38)36-28-32(12-6)26-34(30-36)22-15-9-3;/h25-30H,7-24H2,1-6H3;. The molecular formula is C40H60N2Ni. The monoisotopic (exact) mass is 626 g/mol. The van der Waals surface area contributed by atoms with Crippen molar-refractivity contribution in [3.63, 3.8) is 0 Å². The number of rotatable bonds is 20. The summed E-state index contributed by atoms with van der Waals surface area (Å²) in [7, 11) is 0. The first-order valence-electron chi connectivity index (χ1n) is 17.7. The van der Waals surface area contributed by atoms with E-state index in [0.29, 0.717) is 0 Å². The molecule has 3 rings (SSSR count). The maximum absolute atomic E-state index is 12.2. The summed E-state index contributed by atoms with van der Waals surface area (Å²) in [6, 6.07) is 14.2. The molecule has 240 valence electrons. The molecule has 2 aromatic carbocycles. The maximum atomic E-state index is 12.2. The van der Waals surface area contributed by atoms with E-state index in [1.165, 1.54) is 109 Å². The smallest absolute Gasteiger partial charge is 0.211 e. The largest absolute Gasteiger partial charge is 0.493 e. The van der Waals surface area contributed by atoms with Crippen molar-refractivity contribution in [2.45, 2.75) is 157 Å². The van der Waals surface area contributed by atoms with E-state index < -0.39 is 0 Å². The van der Waals surface area contributed by atoms with E-state index >= 15 is 0 Å². The zero-order valence-electron chi connectivity index (χ0n) is 28.4. The van der Waals surface area contributed by atoms with Gasteiger partial charge >= 0.3 is 0 Å². The molecule has 1 heterocycles. The van der Waals surface area contributed by atoms with Crippen LogP contribution in [0.2, 0.25) is 0 Å². The van der Waals surface area contributed by atoms with Crippen molar-refractivity contribution in [2.75, 3.05) is 0 Å². The van der Waals surface area contributed by atoms with Gasteiger partial charge in [0.05, 0.1) is 0 Å². The molecule has 0 N–H and O–H groups in total. The third kappa shape index (κ3) is 10.6. The van der Waals surface area contributed by atoms with Crippen LogP contribution >= 0.6 is 0 Å². The second kappa shape index (κ2) is 20.1. The first-order valence-corrected chi connectivity index (χ1v) is 17.7. The van der Waals surface area contributed by atoms with E-state index in [9.17, 15) is 5.53 Å². The van der Waals surface area contributed by atoms with E-state index in [0.717, 1.165) is 62.8 Å². The van der Waals surface area contributed by atoms with Gasteiger partial charge in [0.15, 0.2) is 0 Å². The number of allylic oxidation sites excluding steroid dienone is 2. The Bertz CT molecular complexity index is 1220. The minimum Gasteiger partial charge on any atom is -0.493 e. The van der Waals surface area contributed by atoms with Gasteiger partial charge in [-0.05, 0) is 111 Å². The fourth-order valence-electron chi connectivity index (χ4n) is 6.48. The Morgan fingerprint density at radius 3 is 1.26 bits per heavy atom. The van der Waals surface area contributed by atoms with Crippen LogP contribution in [-0.2, 0) is 42.2 Å². The number of unbranched alkanes of at least 4 members (excludes halogenated alkanes) is 8. The maximum Gasteiger partial charge on any atom is 0.211 e. The summed E-state index contributed by atoms with van der Waals surface area (Å²) in [4.78, 5) is 0. The third-order valence-corrected chi connectivity index (χ3v) is 9.03. The van der Waals surface area contributed by atoms with Crippen LogP contribution in [0.3, 0.4) is 0 Å². The quantitative estimate of drug-likeness (QED) is 0.0793. The van der Waals surface area contributed by atoms with Crippen LogP contribution in [0.5, 0.6) is 0 Å². The molecule has 1 aliphatic heterocycles. The van der Waals surface area contributed by atoms with Crippen molar-refractivity contribution >= 4 is 11.4 Å². The van der Waals surface area contributed by atoms with Crippen molar-refractivity contribution in [2.24, 2.45) is 0 Å². The van der Waals surface area contributed by atoms with Crippen molar-refractivity contribution < 1.29 is 21.2 Å². The van der Waals surface area contributed by atoms with Crippen LogP contribution < -0.4 is 0 Å². The molecule has 0 atom stereocenters. The van der Waals surface area contributed by atoms with Crippen molar-refractivity contribution in [1.29, 1.82) is 0 Å². The van der Waals surface area contributed by atoms with Crippen LogP contribution in [0.1, 0.15) is 165 Å². The van der Waals surface area contributed by atoms with Crippen molar-refractivity contribution in [3.8, 4) is 0 Å². The van der Waals surface area contributed by atoms with E-state index in [2.05, 4.69) is 77.9 Å². The van der Waals surface area contributed by atoms with E-state index in [1.54, 1.807) is 4.70 Å². The van der Waals surface area contributed by atoms with Gasteiger partial charge in [0.1, 0.15) is 0 Å². The number of hydrogen-bond donors (Lipinski definition) is 0. The second-order valence-electron chi connectivity index (χ2n) is 12.6. The van der Waals surface area contributed by atoms with Gasteiger partial charge in [-0.2, -0.15) is 0 Å². The average molecular weight is 628 g/mol. The predicted octanol–water partition coefficient (Wildman–Crippen LogP) is 12.6. The van der Waals surface area contributed by atoms with Gasteiger partial charge in [-0.15, -0.1) is 0 Å². The minimum absolute atomic E-state index is 0. The summed E-state index contributed by atoms with van der Waals surface area (Å²) in [5.41, 5.74) is 25.1. The molecule has 0 saturated carbocycles. The molecule has 3 heteroatoms. The van der Waals surface area contributed by atoms with Gasteiger partial charge in [-0.3, -0.25) is 0 Å². The first-order chi connectivity index (χ1) is 20.5. The predicted molar refractivity (Wildman–Crippen MR) is 184 cm³/mol. The number of nitrogens with zero attached hydrogens (tertiary/aromatic N) is 2. The van der Waals surface area contributed by atoms with Crippen LogP contribution in [0.15, 0.2) is 47.5 Å². The summed E-state index contributed by atoms with van der Waals surface area (Å²) >= 11 is 0. The molecule has 0 aromatic heterocycles. The molecule has 2 nitrogen and oxygen atoms in total. The molecule has 0 saturated heterocycles. The van der Waals surface area contributed by atoms with Gasteiger partial charge in [-0.1, -0.05) is 105 Å². The molecule has 1 aliphatic rings. The molecule has 0 aliphatic carbocycles. The molecule has 43 heavy (non-hydrogen) atoms. The number of benzene rings is 2. The molecule has 0 bridgehead atoms. The summed E-state index contributed by atoms with van der Waals surface area (Å²) in [5, 5.41) is 0. The van der Waals surface area contributed by atoms with Crippen molar-refractivity contribution in [1.82, 2.24) is 0 Å². The van der Waals surface area contributed by atoms with Crippen molar-refractivity contribution in [3.05, 3.63) is 86.5 Å². The third-order valence-electron chi connectivity index (χ3n) is 9.03. The zero-order chi connectivity index (χ0) is 30.3. The van der Waals surface area contributed by atoms with Crippen LogP contribution in [0.4, 0.5) is 0 Å². The van der Waals surface area contributed by atoms with E-state index in [1.807, 2.05) is 0 Å². The van der Waals surface area contributed by atoms with Crippen LogP contribution in [-0.4, -0.2) is 4.70 Å².